The Morgan fingerprint density at radius 2 is 2.06 bits per heavy atom. The average Bonchev–Trinajstić information content (AvgIpc) is 2.27. The minimum atomic E-state index is -0.510. The highest BCUT2D eigenvalue weighted by molar-refractivity contribution is 9.10. The zero-order valence-corrected chi connectivity index (χ0v) is 12.3. The fourth-order valence-corrected chi connectivity index (χ4v) is 2.16. The number of aliphatic hydroxyl groups is 1. The van der Waals surface area contributed by atoms with Crippen molar-refractivity contribution >= 4 is 15.9 Å². The Morgan fingerprint density at radius 1 is 1.35 bits per heavy atom. The molecule has 17 heavy (non-hydrogen) atoms. The Labute approximate surface area is 112 Å². The van der Waals surface area contributed by atoms with Crippen LogP contribution >= 0.6 is 15.9 Å². The molecule has 2 nitrogen and oxygen atoms in total. The molecule has 0 spiro atoms. The van der Waals surface area contributed by atoms with Gasteiger partial charge in [-0.15, -0.1) is 0 Å². The maximum atomic E-state index is 9.70. The van der Waals surface area contributed by atoms with Crippen molar-refractivity contribution in [1.82, 2.24) is 0 Å². The predicted molar refractivity (Wildman–Crippen MR) is 74.3 cm³/mol. The lowest BCUT2D eigenvalue weighted by atomic mass is 10.1. The fraction of sp³-hybridized carbons (Fsp3) is 0.571. The van der Waals surface area contributed by atoms with Gasteiger partial charge in [0.2, 0.25) is 0 Å². The number of halogens is 1. The topological polar surface area (TPSA) is 29.5 Å². The molecule has 96 valence electrons. The number of hydrogen-bond acceptors (Lipinski definition) is 2. The van der Waals surface area contributed by atoms with Crippen LogP contribution in [0.3, 0.4) is 0 Å². The van der Waals surface area contributed by atoms with Gasteiger partial charge in [-0.1, -0.05) is 36.2 Å². The molecule has 0 bridgehead atoms. The Bertz CT molecular complexity index is 350. The Hall–Kier alpha value is -0.540. The van der Waals surface area contributed by atoms with E-state index in [-0.39, 0.29) is 0 Å². The number of ether oxygens (including phenoxy) is 1. The van der Waals surface area contributed by atoms with Crippen molar-refractivity contribution in [3.63, 3.8) is 0 Å². The smallest absolute Gasteiger partial charge is 0.125 e. The van der Waals surface area contributed by atoms with Crippen LogP contribution in [0.15, 0.2) is 22.7 Å². The van der Waals surface area contributed by atoms with Crippen molar-refractivity contribution in [3.8, 4) is 5.75 Å². The van der Waals surface area contributed by atoms with Crippen LogP contribution in [-0.4, -0.2) is 11.7 Å². The van der Waals surface area contributed by atoms with Crippen LogP contribution in [-0.2, 0) is 0 Å². The summed E-state index contributed by atoms with van der Waals surface area (Å²) in [6.07, 6.45) is 1.83. The number of rotatable bonds is 6. The molecule has 0 aliphatic rings. The summed E-state index contributed by atoms with van der Waals surface area (Å²) in [5.41, 5.74) is 0.836. The molecule has 1 aromatic carbocycles. The Morgan fingerprint density at radius 3 is 2.65 bits per heavy atom. The molecule has 0 aliphatic heterocycles. The van der Waals surface area contributed by atoms with E-state index in [4.69, 9.17) is 4.74 Å². The summed E-state index contributed by atoms with van der Waals surface area (Å²) in [4.78, 5) is 0. The monoisotopic (exact) mass is 300 g/mol. The van der Waals surface area contributed by atoms with Gasteiger partial charge in [0.1, 0.15) is 5.75 Å². The number of hydrogen-bond donors (Lipinski definition) is 1. The highest BCUT2D eigenvalue weighted by Crippen LogP contribution is 2.29. The lowest BCUT2D eigenvalue weighted by Crippen LogP contribution is -2.10. The molecule has 0 fully saturated rings. The molecule has 3 heteroatoms. The summed E-state index contributed by atoms with van der Waals surface area (Å²) >= 11 is 3.40. The first kappa shape index (κ1) is 14.5. The summed E-state index contributed by atoms with van der Waals surface area (Å²) in [5.74, 6) is 1.33. The maximum absolute atomic E-state index is 9.70. The van der Waals surface area contributed by atoms with Gasteiger partial charge in [-0.3, -0.25) is 0 Å². The molecule has 0 heterocycles. The van der Waals surface area contributed by atoms with Gasteiger partial charge in [-0.2, -0.15) is 0 Å². The van der Waals surface area contributed by atoms with Gasteiger partial charge >= 0.3 is 0 Å². The molecule has 1 aromatic rings. The van der Waals surface area contributed by atoms with Crippen molar-refractivity contribution in [1.29, 1.82) is 0 Å². The van der Waals surface area contributed by atoms with E-state index in [1.807, 2.05) is 18.2 Å². The second-order valence-corrected chi connectivity index (χ2v) is 5.48. The second kappa shape index (κ2) is 7.02. The van der Waals surface area contributed by atoms with E-state index in [1.165, 1.54) is 12.8 Å². The molecular formula is C14H21BrO2. The quantitative estimate of drug-likeness (QED) is 0.848. The fourth-order valence-electron chi connectivity index (χ4n) is 1.79. The van der Waals surface area contributed by atoms with Gasteiger partial charge in [0, 0.05) is 10.0 Å². The molecule has 0 aliphatic carbocycles. The zero-order chi connectivity index (χ0) is 12.8. The normalized spacial score (nSPS) is 14.4. The van der Waals surface area contributed by atoms with Crippen molar-refractivity contribution in [2.45, 2.75) is 39.7 Å². The Balaban J connectivity index is 2.70. The molecule has 0 amide bonds. The number of aliphatic hydroxyl groups excluding tert-OH is 1. The first-order chi connectivity index (χ1) is 8.04. The molecule has 1 N–H and O–H groups in total. The average molecular weight is 301 g/mol. The third kappa shape index (κ3) is 4.68. The van der Waals surface area contributed by atoms with Crippen LogP contribution in [0, 0.1) is 5.92 Å². The van der Waals surface area contributed by atoms with Crippen molar-refractivity contribution in [3.05, 3.63) is 28.2 Å². The third-order valence-corrected chi connectivity index (χ3v) is 3.22. The van der Waals surface area contributed by atoms with Crippen LogP contribution in [0.2, 0.25) is 0 Å². The van der Waals surface area contributed by atoms with Crippen LogP contribution in [0.1, 0.15) is 45.3 Å². The van der Waals surface area contributed by atoms with Gasteiger partial charge < -0.3 is 9.84 Å². The van der Waals surface area contributed by atoms with Gasteiger partial charge in [-0.05, 0) is 37.5 Å². The van der Waals surface area contributed by atoms with Crippen LogP contribution < -0.4 is 4.74 Å². The summed E-state index contributed by atoms with van der Waals surface area (Å²) < 4.78 is 6.75. The zero-order valence-electron chi connectivity index (χ0n) is 10.7. The summed E-state index contributed by atoms with van der Waals surface area (Å²) in [6, 6.07) is 5.75. The third-order valence-electron chi connectivity index (χ3n) is 2.73. The highest BCUT2D eigenvalue weighted by atomic mass is 79.9. The SMILES string of the molecule is CCCC(C)COc1ccc(Br)cc1C(C)O. The lowest BCUT2D eigenvalue weighted by Gasteiger charge is -2.16. The van der Waals surface area contributed by atoms with Crippen molar-refractivity contribution in [2.75, 3.05) is 6.61 Å². The van der Waals surface area contributed by atoms with Gasteiger partial charge in [0.15, 0.2) is 0 Å². The molecule has 0 saturated heterocycles. The molecule has 2 unspecified atom stereocenters. The summed E-state index contributed by atoms with van der Waals surface area (Å²) in [6.45, 7) is 6.82. The maximum Gasteiger partial charge on any atom is 0.125 e. The molecule has 0 saturated carbocycles. The minimum absolute atomic E-state index is 0.510. The number of benzene rings is 1. The molecule has 0 radical (unpaired) electrons. The van der Waals surface area contributed by atoms with Gasteiger partial charge in [-0.25, -0.2) is 0 Å². The second-order valence-electron chi connectivity index (χ2n) is 4.56. The molecule has 0 aromatic heterocycles. The highest BCUT2D eigenvalue weighted by Gasteiger charge is 2.11. The van der Waals surface area contributed by atoms with Crippen molar-refractivity contribution in [2.24, 2.45) is 5.92 Å². The molecule has 2 atom stereocenters. The van der Waals surface area contributed by atoms with Gasteiger partial charge in [0.05, 0.1) is 12.7 Å². The molecular weight excluding hydrogens is 280 g/mol. The largest absolute Gasteiger partial charge is 0.493 e. The summed E-state index contributed by atoms with van der Waals surface area (Å²) in [7, 11) is 0. The molecule has 1 rings (SSSR count). The Kier molecular flexibility index (Phi) is 6.00. The standard InChI is InChI=1S/C14H21BrO2/c1-4-5-10(2)9-17-14-7-6-12(15)8-13(14)11(3)16/h6-8,10-11,16H,4-5,9H2,1-3H3. The van der Waals surface area contributed by atoms with E-state index >= 15 is 0 Å². The van der Waals surface area contributed by atoms with E-state index in [2.05, 4.69) is 29.8 Å². The first-order valence-electron chi connectivity index (χ1n) is 6.14. The summed E-state index contributed by atoms with van der Waals surface area (Å²) in [5, 5.41) is 9.70. The first-order valence-corrected chi connectivity index (χ1v) is 6.94. The van der Waals surface area contributed by atoms with Crippen LogP contribution in [0.4, 0.5) is 0 Å². The van der Waals surface area contributed by atoms with Gasteiger partial charge in [0.25, 0.3) is 0 Å². The van der Waals surface area contributed by atoms with E-state index < -0.39 is 6.10 Å². The van der Waals surface area contributed by atoms with E-state index in [0.29, 0.717) is 12.5 Å². The van der Waals surface area contributed by atoms with E-state index in [0.717, 1.165) is 15.8 Å². The van der Waals surface area contributed by atoms with Crippen molar-refractivity contribution < 1.29 is 9.84 Å². The lowest BCUT2D eigenvalue weighted by molar-refractivity contribution is 0.186. The van der Waals surface area contributed by atoms with E-state index in [1.54, 1.807) is 6.92 Å². The minimum Gasteiger partial charge on any atom is -0.493 e. The van der Waals surface area contributed by atoms with Crippen LogP contribution in [0.5, 0.6) is 5.75 Å². The predicted octanol–water partition coefficient (Wildman–Crippen LogP) is 4.32. The van der Waals surface area contributed by atoms with E-state index in [9.17, 15) is 5.11 Å². The van der Waals surface area contributed by atoms with Crippen LogP contribution in [0.25, 0.3) is 0 Å².